The van der Waals surface area contributed by atoms with Gasteiger partial charge in [0.25, 0.3) is 0 Å². The first-order valence-electron chi connectivity index (χ1n) is 12.0. The summed E-state index contributed by atoms with van der Waals surface area (Å²) in [4.78, 5) is 19.4. The second kappa shape index (κ2) is 10.5. The summed E-state index contributed by atoms with van der Waals surface area (Å²) >= 11 is 0. The lowest BCUT2D eigenvalue weighted by Gasteiger charge is -2.28. The van der Waals surface area contributed by atoms with E-state index >= 15 is 0 Å². The van der Waals surface area contributed by atoms with Crippen molar-refractivity contribution in [3.05, 3.63) is 102 Å². The minimum Gasteiger partial charge on any atom is -0.336 e. The number of amides is 2. The molecule has 2 heterocycles. The third-order valence-corrected chi connectivity index (χ3v) is 6.58. The lowest BCUT2D eigenvalue weighted by Crippen LogP contribution is -2.41. The number of rotatable bonds is 8. The number of carbonyl (C=O) groups excluding carboxylic acids is 1. The number of nitrogens with zero attached hydrogens (tertiary/aromatic N) is 3. The van der Waals surface area contributed by atoms with Gasteiger partial charge in [-0.2, -0.15) is 0 Å². The van der Waals surface area contributed by atoms with Gasteiger partial charge < -0.3 is 15.2 Å². The smallest absolute Gasteiger partial charge is 0.315 e. The number of fused-ring (bicyclic) bond motifs is 1. The number of urea groups is 1. The number of para-hydroxylation sites is 2. The highest BCUT2D eigenvalue weighted by Crippen LogP contribution is 2.24. The van der Waals surface area contributed by atoms with E-state index in [4.69, 9.17) is 0 Å². The van der Waals surface area contributed by atoms with Gasteiger partial charge >= 0.3 is 6.03 Å². The number of hydrogen-bond donors (Lipinski definition) is 2. The van der Waals surface area contributed by atoms with E-state index in [1.54, 1.807) is 0 Å². The van der Waals surface area contributed by atoms with Crippen LogP contribution in [0.1, 0.15) is 35.6 Å². The minimum atomic E-state index is -0.130. The quantitative estimate of drug-likeness (QED) is 0.406. The normalized spacial score (nSPS) is 14.8. The Labute approximate surface area is 200 Å². The number of nitrogens with one attached hydrogen (secondary N) is 2. The molecule has 1 aliphatic heterocycles. The lowest BCUT2D eigenvalue weighted by molar-refractivity contribution is 0.220. The molecule has 174 valence electrons. The molecule has 1 aromatic heterocycles. The Morgan fingerprint density at radius 2 is 1.56 bits per heavy atom. The number of likely N-dealkylation sites (tertiary alicyclic amines) is 1. The summed E-state index contributed by atoms with van der Waals surface area (Å²) in [7, 11) is 0. The molecule has 3 aromatic carbocycles. The summed E-state index contributed by atoms with van der Waals surface area (Å²) in [5.74, 6) is 0. The van der Waals surface area contributed by atoms with Gasteiger partial charge in [0.15, 0.2) is 0 Å². The Bertz CT molecular complexity index is 1210. The van der Waals surface area contributed by atoms with Crippen LogP contribution in [0.3, 0.4) is 0 Å². The Morgan fingerprint density at radius 3 is 2.35 bits per heavy atom. The molecule has 4 aromatic rings. The van der Waals surface area contributed by atoms with E-state index < -0.39 is 0 Å². The van der Waals surface area contributed by atoms with Gasteiger partial charge in [0.2, 0.25) is 0 Å². The molecule has 5 rings (SSSR count). The maximum atomic E-state index is 12.5. The number of aromatic nitrogens is 2. The van der Waals surface area contributed by atoms with Crippen LogP contribution < -0.4 is 10.6 Å². The van der Waals surface area contributed by atoms with Gasteiger partial charge in [-0.05, 0) is 54.8 Å². The van der Waals surface area contributed by atoms with Gasteiger partial charge in [0.05, 0.1) is 23.4 Å². The third-order valence-electron chi connectivity index (χ3n) is 6.58. The van der Waals surface area contributed by atoms with Gasteiger partial charge in [0, 0.05) is 19.6 Å². The summed E-state index contributed by atoms with van der Waals surface area (Å²) in [6.07, 6.45) is 4.33. The van der Waals surface area contributed by atoms with Gasteiger partial charge in [-0.1, -0.05) is 66.7 Å². The fourth-order valence-corrected chi connectivity index (χ4v) is 4.72. The predicted octanol–water partition coefficient (Wildman–Crippen LogP) is 4.72. The lowest BCUT2D eigenvalue weighted by atomic mass is 10.1. The highest BCUT2D eigenvalue weighted by molar-refractivity contribution is 5.75. The highest BCUT2D eigenvalue weighted by Gasteiger charge is 2.23. The second-order valence-corrected chi connectivity index (χ2v) is 8.91. The Morgan fingerprint density at radius 1 is 0.853 bits per heavy atom. The van der Waals surface area contributed by atoms with Crippen LogP contribution in [-0.4, -0.2) is 40.1 Å². The molecule has 0 radical (unpaired) electrons. The predicted molar refractivity (Wildman–Crippen MR) is 136 cm³/mol. The number of carbonyl (C=O) groups is 1. The Kier molecular flexibility index (Phi) is 6.86. The molecular weight excluding hydrogens is 422 g/mol. The molecule has 1 atom stereocenters. The molecule has 0 spiro atoms. The molecule has 2 amide bonds. The molecule has 6 heteroatoms. The molecule has 1 fully saturated rings. The molecule has 1 saturated heterocycles. The Hall–Kier alpha value is -3.64. The van der Waals surface area contributed by atoms with E-state index in [0.717, 1.165) is 36.2 Å². The molecule has 6 nitrogen and oxygen atoms in total. The van der Waals surface area contributed by atoms with Crippen molar-refractivity contribution in [2.75, 3.05) is 19.6 Å². The van der Waals surface area contributed by atoms with Crippen LogP contribution in [-0.2, 0) is 13.1 Å². The van der Waals surface area contributed by atoms with Crippen molar-refractivity contribution in [2.45, 2.75) is 32.0 Å². The Balaban J connectivity index is 1.13. The molecule has 0 saturated carbocycles. The number of imidazole rings is 1. The van der Waals surface area contributed by atoms with Crippen molar-refractivity contribution in [1.29, 1.82) is 0 Å². The average Bonchev–Trinajstić information content (AvgIpc) is 3.55. The molecule has 1 aliphatic rings. The van der Waals surface area contributed by atoms with Crippen molar-refractivity contribution in [2.24, 2.45) is 0 Å². The average molecular weight is 454 g/mol. The highest BCUT2D eigenvalue weighted by atomic mass is 16.2. The van der Waals surface area contributed by atoms with Crippen molar-refractivity contribution in [3.8, 4) is 0 Å². The van der Waals surface area contributed by atoms with Crippen molar-refractivity contribution in [3.63, 3.8) is 0 Å². The van der Waals surface area contributed by atoms with Crippen LogP contribution in [0.4, 0.5) is 4.79 Å². The van der Waals surface area contributed by atoms with Crippen LogP contribution in [0.25, 0.3) is 11.0 Å². The molecule has 34 heavy (non-hydrogen) atoms. The van der Waals surface area contributed by atoms with E-state index in [-0.39, 0.29) is 12.1 Å². The fourth-order valence-electron chi connectivity index (χ4n) is 4.72. The molecule has 0 bridgehead atoms. The summed E-state index contributed by atoms with van der Waals surface area (Å²) in [5.41, 5.74) is 5.67. The summed E-state index contributed by atoms with van der Waals surface area (Å²) in [5, 5.41) is 6.09. The molecular formula is C28H31N5O. The van der Waals surface area contributed by atoms with E-state index in [9.17, 15) is 4.79 Å². The first-order chi connectivity index (χ1) is 16.8. The number of hydrogen-bond acceptors (Lipinski definition) is 3. The third kappa shape index (κ3) is 5.29. The summed E-state index contributed by atoms with van der Waals surface area (Å²) in [6, 6.07) is 27.1. The van der Waals surface area contributed by atoms with Crippen LogP contribution in [0.5, 0.6) is 0 Å². The maximum Gasteiger partial charge on any atom is 0.315 e. The van der Waals surface area contributed by atoms with Crippen molar-refractivity contribution >= 4 is 17.1 Å². The van der Waals surface area contributed by atoms with Crippen LogP contribution >= 0.6 is 0 Å². The zero-order valence-electron chi connectivity index (χ0n) is 19.4. The summed E-state index contributed by atoms with van der Waals surface area (Å²) < 4.78 is 2.15. The molecule has 2 N–H and O–H groups in total. The second-order valence-electron chi connectivity index (χ2n) is 8.91. The topological polar surface area (TPSA) is 62.2 Å². The monoisotopic (exact) mass is 453 g/mol. The molecule has 1 unspecified atom stereocenters. The van der Waals surface area contributed by atoms with Crippen LogP contribution in [0.2, 0.25) is 0 Å². The van der Waals surface area contributed by atoms with Crippen molar-refractivity contribution < 1.29 is 4.79 Å². The molecule has 0 aliphatic carbocycles. The minimum absolute atomic E-state index is 0.130. The van der Waals surface area contributed by atoms with Gasteiger partial charge in [-0.15, -0.1) is 0 Å². The van der Waals surface area contributed by atoms with Crippen LogP contribution in [0, 0.1) is 0 Å². The largest absolute Gasteiger partial charge is 0.336 e. The van der Waals surface area contributed by atoms with E-state index in [1.165, 1.54) is 24.0 Å². The van der Waals surface area contributed by atoms with E-state index in [2.05, 4.69) is 79.7 Å². The zero-order valence-corrected chi connectivity index (χ0v) is 19.4. The van der Waals surface area contributed by atoms with E-state index in [1.807, 2.05) is 30.6 Å². The maximum absolute atomic E-state index is 12.5. The zero-order chi connectivity index (χ0) is 23.2. The van der Waals surface area contributed by atoms with Gasteiger partial charge in [-0.25, -0.2) is 9.78 Å². The SMILES string of the molecule is O=C(NCc1ccc(Cn2cnc3ccccc32)cc1)NCC(c1ccccc1)N1CCCC1. The fraction of sp³-hybridized carbons (Fsp3) is 0.286. The van der Waals surface area contributed by atoms with Crippen LogP contribution in [0.15, 0.2) is 85.2 Å². The van der Waals surface area contributed by atoms with Crippen molar-refractivity contribution in [1.82, 2.24) is 25.1 Å². The van der Waals surface area contributed by atoms with Gasteiger partial charge in [-0.3, -0.25) is 4.90 Å². The standard InChI is InChI=1S/C28H31N5O/c34-28(30-19-27(32-16-6-7-17-32)24-8-2-1-3-9-24)29-18-22-12-14-23(15-13-22)20-33-21-31-25-10-4-5-11-26(25)33/h1-5,8-15,21,27H,6-7,16-20H2,(H2,29,30,34). The number of benzene rings is 3. The first-order valence-corrected chi connectivity index (χ1v) is 12.0. The van der Waals surface area contributed by atoms with Gasteiger partial charge in [0.1, 0.15) is 0 Å². The van der Waals surface area contributed by atoms with E-state index in [0.29, 0.717) is 13.1 Å². The first kappa shape index (κ1) is 22.2. The summed E-state index contributed by atoms with van der Waals surface area (Å²) in [6.45, 7) is 4.05.